The lowest BCUT2D eigenvalue weighted by atomic mass is 10.2. The van der Waals surface area contributed by atoms with Crippen molar-refractivity contribution < 1.29 is 16.8 Å². The number of rotatable bonds is 8. The number of hydrogen-bond donors (Lipinski definition) is 1. The molecule has 0 aliphatic heterocycles. The number of pyridine rings is 1. The molecule has 164 valence electrons. The van der Waals surface area contributed by atoms with Gasteiger partial charge in [-0.05, 0) is 48.0 Å². The predicted octanol–water partition coefficient (Wildman–Crippen LogP) is 2.77. The molecular weight excluding hydrogens is 436 g/mol. The summed E-state index contributed by atoms with van der Waals surface area (Å²) < 4.78 is 53.9. The zero-order valence-corrected chi connectivity index (χ0v) is 19.1. The second-order valence-electron chi connectivity index (χ2n) is 7.10. The summed E-state index contributed by atoms with van der Waals surface area (Å²) >= 11 is 0. The van der Waals surface area contributed by atoms with Crippen LogP contribution in [0.5, 0.6) is 0 Å². The van der Waals surface area contributed by atoms with Gasteiger partial charge in [0.05, 0.1) is 21.2 Å². The smallest absolute Gasteiger partial charge is 0.261 e. The van der Waals surface area contributed by atoms with Gasteiger partial charge in [0.25, 0.3) is 10.0 Å². The lowest BCUT2D eigenvalue weighted by molar-refractivity contribution is 0.520. The molecule has 1 heterocycles. The highest BCUT2D eigenvalue weighted by atomic mass is 32.2. The fourth-order valence-corrected chi connectivity index (χ4v) is 4.92. The Morgan fingerprint density at radius 1 is 0.839 bits per heavy atom. The van der Waals surface area contributed by atoms with E-state index in [2.05, 4.69) is 9.71 Å². The molecule has 0 aliphatic carbocycles. The largest absolute Gasteiger partial charge is 0.369 e. The Morgan fingerprint density at radius 2 is 1.48 bits per heavy atom. The highest BCUT2D eigenvalue weighted by molar-refractivity contribution is 7.92. The van der Waals surface area contributed by atoms with Gasteiger partial charge in [-0.1, -0.05) is 18.2 Å². The van der Waals surface area contributed by atoms with Crippen molar-refractivity contribution in [3.8, 4) is 0 Å². The highest BCUT2D eigenvalue weighted by Gasteiger charge is 2.21. The molecule has 0 bridgehead atoms. The summed E-state index contributed by atoms with van der Waals surface area (Å²) in [5.74, 6) is 0. The second kappa shape index (κ2) is 9.04. The maximum atomic E-state index is 12.9. The van der Waals surface area contributed by atoms with Gasteiger partial charge in [-0.15, -0.1) is 0 Å². The molecule has 2 aromatic carbocycles. The van der Waals surface area contributed by atoms with E-state index in [1.165, 1.54) is 38.4 Å². The standard InChI is InChI=1S/C21H24N4O4S2/c1-24(2)31(28,29)19-12-10-18(11-13-19)30(26,27)23-20-8-4-5-9-21(20)25(3)16-17-7-6-14-22-15-17/h4-15,23H,16H2,1-3H3. The van der Waals surface area contributed by atoms with Crippen LogP contribution in [0.1, 0.15) is 5.56 Å². The Kier molecular flexibility index (Phi) is 6.63. The first-order valence-corrected chi connectivity index (χ1v) is 12.3. The van der Waals surface area contributed by atoms with Gasteiger partial charge in [-0.2, -0.15) is 0 Å². The van der Waals surface area contributed by atoms with Crippen molar-refractivity contribution in [1.29, 1.82) is 0 Å². The third kappa shape index (κ3) is 5.22. The summed E-state index contributed by atoms with van der Waals surface area (Å²) in [6.07, 6.45) is 3.45. The summed E-state index contributed by atoms with van der Waals surface area (Å²) in [6.45, 7) is 0.545. The van der Waals surface area contributed by atoms with Crippen molar-refractivity contribution in [2.75, 3.05) is 30.8 Å². The molecule has 8 nitrogen and oxygen atoms in total. The number of sulfonamides is 2. The molecule has 3 rings (SSSR count). The summed E-state index contributed by atoms with van der Waals surface area (Å²) in [6, 6.07) is 16.0. The summed E-state index contributed by atoms with van der Waals surface area (Å²) in [4.78, 5) is 6.01. The molecule has 0 radical (unpaired) electrons. The van der Waals surface area contributed by atoms with Gasteiger partial charge in [-0.3, -0.25) is 9.71 Å². The Hall–Kier alpha value is -2.95. The van der Waals surface area contributed by atoms with E-state index in [1.807, 2.05) is 36.2 Å². The molecule has 0 spiro atoms. The lowest BCUT2D eigenvalue weighted by Gasteiger charge is -2.23. The number of nitrogens with zero attached hydrogens (tertiary/aromatic N) is 3. The number of hydrogen-bond acceptors (Lipinski definition) is 6. The van der Waals surface area contributed by atoms with E-state index in [1.54, 1.807) is 24.5 Å². The van der Waals surface area contributed by atoms with Crippen LogP contribution in [0.2, 0.25) is 0 Å². The van der Waals surface area contributed by atoms with Crippen molar-refractivity contribution in [1.82, 2.24) is 9.29 Å². The first-order valence-electron chi connectivity index (χ1n) is 9.36. The number of anilines is 2. The molecule has 3 aromatic rings. The quantitative estimate of drug-likeness (QED) is 0.555. The van der Waals surface area contributed by atoms with Crippen LogP contribution in [0.15, 0.2) is 82.8 Å². The third-order valence-corrected chi connectivity index (χ3v) is 7.83. The first-order chi connectivity index (χ1) is 14.6. The highest BCUT2D eigenvalue weighted by Crippen LogP contribution is 2.28. The van der Waals surface area contributed by atoms with Gasteiger partial charge in [0.15, 0.2) is 0 Å². The molecule has 0 saturated heterocycles. The van der Waals surface area contributed by atoms with Crippen LogP contribution in [0.25, 0.3) is 0 Å². The second-order valence-corrected chi connectivity index (χ2v) is 10.9. The topological polar surface area (TPSA) is 99.7 Å². The van der Waals surface area contributed by atoms with Crippen LogP contribution in [0, 0.1) is 0 Å². The van der Waals surface area contributed by atoms with Crippen LogP contribution in [-0.2, 0) is 26.6 Å². The van der Waals surface area contributed by atoms with Crippen molar-refractivity contribution >= 4 is 31.4 Å². The number of benzene rings is 2. The Bertz CT molecular complexity index is 1240. The van der Waals surface area contributed by atoms with E-state index >= 15 is 0 Å². The lowest BCUT2D eigenvalue weighted by Crippen LogP contribution is -2.22. The molecular formula is C21H24N4O4S2. The summed E-state index contributed by atoms with van der Waals surface area (Å²) in [5, 5.41) is 0. The van der Waals surface area contributed by atoms with Crippen LogP contribution < -0.4 is 9.62 Å². The minimum absolute atomic E-state index is 0.0213. The molecule has 0 amide bonds. The monoisotopic (exact) mass is 460 g/mol. The normalized spacial score (nSPS) is 12.0. The predicted molar refractivity (Wildman–Crippen MR) is 121 cm³/mol. The zero-order valence-electron chi connectivity index (χ0n) is 17.4. The van der Waals surface area contributed by atoms with Crippen LogP contribution in [0.4, 0.5) is 11.4 Å². The average Bonchev–Trinajstić information content (AvgIpc) is 2.74. The minimum atomic E-state index is -3.92. The van der Waals surface area contributed by atoms with E-state index in [0.717, 1.165) is 9.87 Å². The average molecular weight is 461 g/mol. The van der Waals surface area contributed by atoms with Gasteiger partial charge < -0.3 is 4.90 Å². The van der Waals surface area contributed by atoms with E-state index in [-0.39, 0.29) is 9.79 Å². The first kappa shape index (κ1) is 22.7. The Morgan fingerprint density at radius 3 is 2.10 bits per heavy atom. The number of nitrogens with one attached hydrogen (secondary N) is 1. The van der Waals surface area contributed by atoms with E-state index in [4.69, 9.17) is 0 Å². The van der Waals surface area contributed by atoms with E-state index < -0.39 is 20.0 Å². The van der Waals surface area contributed by atoms with Crippen molar-refractivity contribution in [3.63, 3.8) is 0 Å². The molecule has 0 aliphatic rings. The molecule has 31 heavy (non-hydrogen) atoms. The van der Waals surface area contributed by atoms with E-state index in [9.17, 15) is 16.8 Å². The fourth-order valence-electron chi connectivity index (χ4n) is 2.95. The van der Waals surface area contributed by atoms with Crippen molar-refractivity contribution in [3.05, 3.63) is 78.6 Å². The molecule has 1 aromatic heterocycles. The SMILES string of the molecule is CN(Cc1cccnc1)c1ccccc1NS(=O)(=O)c1ccc(S(=O)(=O)N(C)C)cc1. The van der Waals surface area contributed by atoms with Crippen molar-refractivity contribution in [2.45, 2.75) is 16.3 Å². The fraction of sp³-hybridized carbons (Fsp3) is 0.190. The Labute approximate surface area is 183 Å². The van der Waals surface area contributed by atoms with Crippen molar-refractivity contribution in [2.24, 2.45) is 0 Å². The molecule has 0 fully saturated rings. The van der Waals surface area contributed by atoms with E-state index in [0.29, 0.717) is 17.9 Å². The van der Waals surface area contributed by atoms with Gasteiger partial charge in [0.1, 0.15) is 0 Å². The van der Waals surface area contributed by atoms with Crippen LogP contribution in [-0.4, -0.2) is 47.3 Å². The van der Waals surface area contributed by atoms with Crippen LogP contribution in [0.3, 0.4) is 0 Å². The van der Waals surface area contributed by atoms with Crippen LogP contribution >= 0.6 is 0 Å². The summed E-state index contributed by atoms with van der Waals surface area (Å²) in [5.41, 5.74) is 2.10. The zero-order chi connectivity index (χ0) is 22.6. The summed E-state index contributed by atoms with van der Waals surface area (Å²) in [7, 11) is -2.87. The number of aromatic nitrogens is 1. The van der Waals surface area contributed by atoms with Gasteiger partial charge >= 0.3 is 0 Å². The molecule has 0 unspecified atom stereocenters. The molecule has 0 atom stereocenters. The van der Waals surface area contributed by atoms with Gasteiger partial charge in [0.2, 0.25) is 10.0 Å². The minimum Gasteiger partial charge on any atom is -0.369 e. The molecule has 0 saturated carbocycles. The maximum absolute atomic E-state index is 12.9. The maximum Gasteiger partial charge on any atom is 0.261 e. The Balaban J connectivity index is 1.85. The molecule has 1 N–H and O–H groups in total. The number of para-hydroxylation sites is 2. The third-order valence-electron chi connectivity index (χ3n) is 4.61. The van der Waals surface area contributed by atoms with Gasteiger partial charge in [-0.25, -0.2) is 21.1 Å². The molecule has 10 heteroatoms. The van der Waals surface area contributed by atoms with Gasteiger partial charge in [0, 0.05) is 40.1 Å².